The first-order chi connectivity index (χ1) is 12.3. The zero-order valence-electron chi connectivity index (χ0n) is 14.5. The minimum Gasteiger partial charge on any atom is -0.384 e. The zero-order valence-corrected chi connectivity index (χ0v) is 15.3. The highest BCUT2D eigenvalue weighted by Gasteiger charge is 2.11. The van der Waals surface area contributed by atoms with Crippen LogP contribution in [0.25, 0.3) is 33.3 Å². The monoisotopic (exact) mass is 361 g/mol. The molecule has 0 aliphatic heterocycles. The van der Waals surface area contributed by atoms with Crippen LogP contribution < -0.4 is 5.73 Å². The highest BCUT2D eigenvalue weighted by molar-refractivity contribution is 5.95. The molecule has 0 unspecified atom stereocenters. The molecule has 0 amide bonds. The van der Waals surface area contributed by atoms with Crippen molar-refractivity contribution in [3.8, 4) is 22.4 Å². The van der Waals surface area contributed by atoms with Gasteiger partial charge in [-0.3, -0.25) is 0 Å². The lowest BCUT2D eigenvalue weighted by Crippen LogP contribution is -1.98. The molecule has 2 N–H and O–H groups in total. The van der Waals surface area contributed by atoms with Crippen molar-refractivity contribution < 1.29 is 0 Å². The predicted molar refractivity (Wildman–Crippen MR) is 111 cm³/mol. The van der Waals surface area contributed by atoms with E-state index in [0.717, 1.165) is 45.4 Å². The van der Waals surface area contributed by atoms with Crippen molar-refractivity contribution in [3.63, 3.8) is 0 Å². The molecule has 2 aromatic heterocycles. The average Bonchev–Trinajstić information content (AvgIpc) is 2.68. The van der Waals surface area contributed by atoms with Crippen molar-refractivity contribution in [2.45, 2.75) is 13.3 Å². The molecule has 0 fully saturated rings. The van der Waals surface area contributed by atoms with Gasteiger partial charge in [-0.2, -0.15) is 0 Å². The molecule has 26 heavy (non-hydrogen) atoms. The highest BCUT2D eigenvalue weighted by Crippen LogP contribution is 2.31. The van der Waals surface area contributed by atoms with E-state index < -0.39 is 0 Å². The number of nitrogens with zero attached hydrogens (tertiary/aromatic N) is 2. The Bertz CT molecular complexity index is 1050. The first-order valence-corrected chi connectivity index (χ1v) is 8.47. The summed E-state index contributed by atoms with van der Waals surface area (Å²) in [6, 6.07) is 24.6. The number of pyridine rings is 2. The van der Waals surface area contributed by atoms with Crippen molar-refractivity contribution in [2.24, 2.45) is 0 Å². The van der Waals surface area contributed by atoms with Crippen LogP contribution in [-0.4, -0.2) is 9.97 Å². The fourth-order valence-electron chi connectivity index (χ4n) is 3.17. The minimum absolute atomic E-state index is 0. The first-order valence-electron chi connectivity index (χ1n) is 8.47. The molecule has 0 spiro atoms. The molecule has 4 aromatic rings. The largest absolute Gasteiger partial charge is 0.384 e. The molecule has 2 aromatic carbocycles. The van der Waals surface area contributed by atoms with Gasteiger partial charge in [-0.05, 0) is 24.6 Å². The molecule has 0 bridgehead atoms. The third-order valence-corrected chi connectivity index (χ3v) is 4.41. The molecular formula is C22H20ClN3. The Morgan fingerprint density at radius 3 is 2.35 bits per heavy atom. The molecular weight excluding hydrogens is 342 g/mol. The van der Waals surface area contributed by atoms with Gasteiger partial charge in [0.05, 0.1) is 16.9 Å². The summed E-state index contributed by atoms with van der Waals surface area (Å²) in [6.07, 6.45) is 0.829. The molecule has 4 rings (SSSR count). The lowest BCUT2D eigenvalue weighted by Gasteiger charge is -2.12. The average molecular weight is 362 g/mol. The Morgan fingerprint density at radius 1 is 0.769 bits per heavy atom. The van der Waals surface area contributed by atoms with E-state index in [4.69, 9.17) is 10.7 Å². The number of fused-ring (bicyclic) bond motifs is 1. The Balaban J connectivity index is 0.00000196. The number of benzene rings is 2. The lowest BCUT2D eigenvalue weighted by molar-refractivity contribution is 1.05. The van der Waals surface area contributed by atoms with Crippen molar-refractivity contribution in [1.82, 2.24) is 9.97 Å². The van der Waals surface area contributed by atoms with Gasteiger partial charge in [0.1, 0.15) is 5.82 Å². The molecule has 0 aliphatic carbocycles. The fraction of sp³-hybridized carbons (Fsp3) is 0.0909. The second kappa shape index (κ2) is 7.54. The Labute approximate surface area is 159 Å². The smallest absolute Gasteiger partial charge is 0.123 e. The summed E-state index contributed by atoms with van der Waals surface area (Å²) in [5.41, 5.74) is 12.1. The number of nitrogens with two attached hydrogens (primary N) is 1. The number of anilines is 1. The number of aromatic nitrogens is 2. The lowest BCUT2D eigenvalue weighted by atomic mass is 9.98. The van der Waals surface area contributed by atoms with Gasteiger partial charge in [-0.15, -0.1) is 12.4 Å². The van der Waals surface area contributed by atoms with Crippen LogP contribution in [0.3, 0.4) is 0 Å². The maximum absolute atomic E-state index is 5.87. The Morgan fingerprint density at radius 2 is 1.58 bits per heavy atom. The summed E-state index contributed by atoms with van der Waals surface area (Å²) in [5.74, 6) is 0.554. The van der Waals surface area contributed by atoms with Crippen molar-refractivity contribution in [2.75, 3.05) is 5.73 Å². The predicted octanol–water partition coefficient (Wildman–Crippen LogP) is 5.53. The van der Waals surface area contributed by atoms with E-state index in [-0.39, 0.29) is 12.4 Å². The van der Waals surface area contributed by atoms with Gasteiger partial charge in [-0.25, -0.2) is 9.97 Å². The zero-order chi connectivity index (χ0) is 17.2. The van der Waals surface area contributed by atoms with Crippen LogP contribution >= 0.6 is 12.4 Å². The highest BCUT2D eigenvalue weighted by atomic mass is 35.5. The number of halogens is 1. The number of hydrogen-bond donors (Lipinski definition) is 1. The molecule has 0 aliphatic rings. The quantitative estimate of drug-likeness (QED) is 0.522. The van der Waals surface area contributed by atoms with Crippen LogP contribution in [0.1, 0.15) is 12.6 Å². The van der Waals surface area contributed by atoms with Gasteiger partial charge in [0, 0.05) is 22.1 Å². The van der Waals surface area contributed by atoms with E-state index in [1.165, 1.54) is 0 Å². The molecule has 3 nitrogen and oxygen atoms in total. The Hall–Kier alpha value is -2.91. The summed E-state index contributed by atoms with van der Waals surface area (Å²) in [6.45, 7) is 2.10. The Kier molecular flexibility index (Phi) is 5.19. The van der Waals surface area contributed by atoms with Crippen LogP contribution in [0.5, 0.6) is 0 Å². The van der Waals surface area contributed by atoms with Crippen LogP contribution in [0.15, 0.2) is 72.8 Å². The minimum atomic E-state index is 0. The second-order valence-corrected chi connectivity index (χ2v) is 6.02. The molecule has 0 radical (unpaired) electrons. The third kappa shape index (κ3) is 3.26. The van der Waals surface area contributed by atoms with E-state index in [9.17, 15) is 0 Å². The van der Waals surface area contributed by atoms with Crippen molar-refractivity contribution in [3.05, 3.63) is 78.5 Å². The summed E-state index contributed by atoms with van der Waals surface area (Å²) in [5, 5.41) is 1.12. The van der Waals surface area contributed by atoms with Crippen LogP contribution in [0.4, 0.5) is 5.82 Å². The molecule has 2 heterocycles. The molecule has 0 saturated carbocycles. The van der Waals surface area contributed by atoms with E-state index in [1.807, 2.05) is 30.3 Å². The summed E-state index contributed by atoms with van der Waals surface area (Å²) in [7, 11) is 0. The molecule has 130 valence electrons. The van der Waals surface area contributed by atoms with Gasteiger partial charge in [0.25, 0.3) is 0 Å². The number of hydrogen-bond acceptors (Lipinski definition) is 3. The van der Waals surface area contributed by atoms with Crippen LogP contribution in [0.2, 0.25) is 0 Å². The standard InChI is InChI=1S/C22H19N3.ClH/c1-2-19-17(12-14-21(23)24-19)18-10-6-9-16-11-13-20(25-22(16)18)15-7-4-3-5-8-15;/h3-14H,2H2,1H3,(H2,23,24);1H. The fourth-order valence-corrected chi connectivity index (χ4v) is 3.17. The number of rotatable bonds is 3. The van der Waals surface area contributed by atoms with Crippen molar-refractivity contribution in [1.29, 1.82) is 0 Å². The molecule has 0 saturated heterocycles. The second-order valence-electron chi connectivity index (χ2n) is 6.02. The number of aryl methyl sites for hydroxylation is 1. The maximum atomic E-state index is 5.87. The topological polar surface area (TPSA) is 51.8 Å². The first kappa shape index (κ1) is 17.9. The normalized spacial score (nSPS) is 10.5. The van der Waals surface area contributed by atoms with Gasteiger partial charge in [-0.1, -0.05) is 61.5 Å². The van der Waals surface area contributed by atoms with Crippen LogP contribution in [0, 0.1) is 0 Å². The summed E-state index contributed by atoms with van der Waals surface area (Å²) in [4.78, 5) is 9.47. The van der Waals surface area contributed by atoms with Gasteiger partial charge in [0.2, 0.25) is 0 Å². The number of nitrogen functional groups attached to an aromatic ring is 1. The van der Waals surface area contributed by atoms with E-state index >= 15 is 0 Å². The third-order valence-electron chi connectivity index (χ3n) is 4.41. The van der Waals surface area contributed by atoms with Gasteiger partial charge >= 0.3 is 0 Å². The summed E-state index contributed by atoms with van der Waals surface area (Å²) < 4.78 is 0. The van der Waals surface area contributed by atoms with Gasteiger partial charge < -0.3 is 5.73 Å². The van der Waals surface area contributed by atoms with E-state index in [0.29, 0.717) is 5.82 Å². The van der Waals surface area contributed by atoms with E-state index in [1.54, 1.807) is 0 Å². The molecule has 4 heteroatoms. The van der Waals surface area contributed by atoms with Crippen molar-refractivity contribution >= 4 is 29.1 Å². The SMILES string of the molecule is CCc1nc(N)ccc1-c1cccc2ccc(-c3ccccc3)nc12.Cl. The number of para-hydroxylation sites is 1. The maximum Gasteiger partial charge on any atom is 0.123 e. The van der Waals surface area contributed by atoms with Gasteiger partial charge in [0.15, 0.2) is 0 Å². The van der Waals surface area contributed by atoms with Crippen LogP contribution in [-0.2, 0) is 6.42 Å². The van der Waals surface area contributed by atoms with E-state index in [2.05, 4.69) is 54.4 Å². The summed E-state index contributed by atoms with van der Waals surface area (Å²) >= 11 is 0. The molecule has 0 atom stereocenters.